The maximum absolute atomic E-state index is 12.2. The SMILES string of the molecule is O=C(ON1CC(Oc2cc(Cl)ccc2OCC2CCCCC2)C1)C(F)(F)F. The number of hydrogen-bond donors (Lipinski definition) is 0. The highest BCUT2D eigenvalue weighted by atomic mass is 35.5. The number of rotatable bonds is 6. The average molecular weight is 408 g/mol. The zero-order chi connectivity index (χ0) is 19.4. The molecule has 27 heavy (non-hydrogen) atoms. The lowest BCUT2D eigenvalue weighted by molar-refractivity contribution is -0.262. The average Bonchev–Trinajstić information content (AvgIpc) is 2.59. The predicted octanol–water partition coefficient (Wildman–Crippen LogP) is 4.38. The molecular weight excluding hydrogens is 387 g/mol. The van der Waals surface area contributed by atoms with Gasteiger partial charge in [0.25, 0.3) is 0 Å². The maximum Gasteiger partial charge on any atom is 0.492 e. The first-order valence-corrected chi connectivity index (χ1v) is 9.32. The molecule has 1 aromatic carbocycles. The van der Waals surface area contributed by atoms with Gasteiger partial charge in [-0.25, -0.2) is 4.79 Å². The van der Waals surface area contributed by atoms with E-state index in [1.807, 2.05) is 0 Å². The van der Waals surface area contributed by atoms with E-state index in [9.17, 15) is 18.0 Å². The highest BCUT2D eigenvalue weighted by molar-refractivity contribution is 6.30. The molecule has 1 aliphatic carbocycles. The molecule has 5 nitrogen and oxygen atoms in total. The quantitative estimate of drug-likeness (QED) is 0.700. The largest absolute Gasteiger partial charge is 0.492 e. The Balaban J connectivity index is 1.51. The van der Waals surface area contributed by atoms with E-state index in [1.165, 1.54) is 19.3 Å². The van der Waals surface area contributed by atoms with Crippen molar-refractivity contribution < 1.29 is 32.3 Å². The Morgan fingerprint density at radius 2 is 1.85 bits per heavy atom. The topological polar surface area (TPSA) is 48.0 Å². The summed E-state index contributed by atoms with van der Waals surface area (Å²) in [6.45, 7) is 0.671. The minimum Gasteiger partial charge on any atom is -0.489 e. The second kappa shape index (κ2) is 8.56. The Morgan fingerprint density at radius 3 is 2.52 bits per heavy atom. The molecule has 1 aliphatic heterocycles. The van der Waals surface area contributed by atoms with Crippen LogP contribution in [0.4, 0.5) is 13.2 Å². The number of nitrogens with zero attached hydrogens (tertiary/aromatic N) is 1. The molecular formula is C18H21ClF3NO4. The molecule has 0 atom stereocenters. The van der Waals surface area contributed by atoms with E-state index >= 15 is 0 Å². The molecule has 0 aromatic heterocycles. The van der Waals surface area contributed by atoms with Crippen LogP contribution in [0.2, 0.25) is 5.02 Å². The van der Waals surface area contributed by atoms with Gasteiger partial charge in [-0.05, 0) is 30.9 Å². The third-order valence-corrected chi connectivity index (χ3v) is 4.89. The highest BCUT2D eigenvalue weighted by Crippen LogP contribution is 2.34. The molecule has 2 aliphatic rings. The van der Waals surface area contributed by atoms with E-state index in [4.69, 9.17) is 21.1 Å². The number of halogens is 4. The van der Waals surface area contributed by atoms with E-state index < -0.39 is 18.2 Å². The highest BCUT2D eigenvalue weighted by Gasteiger charge is 2.44. The van der Waals surface area contributed by atoms with Crippen LogP contribution in [0.1, 0.15) is 32.1 Å². The lowest BCUT2D eigenvalue weighted by Gasteiger charge is -2.37. The summed E-state index contributed by atoms with van der Waals surface area (Å²) in [4.78, 5) is 15.0. The molecule has 0 N–H and O–H groups in total. The van der Waals surface area contributed by atoms with Crippen molar-refractivity contribution in [2.75, 3.05) is 19.7 Å². The molecule has 1 saturated heterocycles. The first-order valence-electron chi connectivity index (χ1n) is 8.94. The fraction of sp³-hybridized carbons (Fsp3) is 0.611. The van der Waals surface area contributed by atoms with Gasteiger partial charge in [-0.2, -0.15) is 13.2 Å². The Labute approximate surface area is 160 Å². The molecule has 1 heterocycles. The Bertz CT molecular complexity index is 658. The van der Waals surface area contributed by atoms with Gasteiger partial charge in [0.2, 0.25) is 0 Å². The lowest BCUT2D eigenvalue weighted by atomic mass is 9.90. The van der Waals surface area contributed by atoms with Crippen LogP contribution in [-0.4, -0.2) is 43.0 Å². The Hall–Kier alpha value is -1.67. The number of carbonyl (C=O) groups is 1. The standard InChI is InChI=1S/C18H21ClF3NO4/c19-13-6-7-15(25-11-12-4-2-1-3-5-12)16(8-13)26-14-9-23(10-14)27-17(24)18(20,21)22/h6-8,12,14H,1-5,9-11H2. The summed E-state index contributed by atoms with van der Waals surface area (Å²) >= 11 is 6.02. The van der Waals surface area contributed by atoms with Gasteiger partial charge in [0, 0.05) is 11.1 Å². The molecule has 0 radical (unpaired) electrons. The van der Waals surface area contributed by atoms with Crippen molar-refractivity contribution in [1.82, 2.24) is 5.06 Å². The predicted molar refractivity (Wildman–Crippen MR) is 91.7 cm³/mol. The van der Waals surface area contributed by atoms with Crippen molar-refractivity contribution in [3.05, 3.63) is 23.2 Å². The summed E-state index contributed by atoms with van der Waals surface area (Å²) in [7, 11) is 0. The third kappa shape index (κ3) is 5.65. The van der Waals surface area contributed by atoms with Crippen LogP contribution in [-0.2, 0) is 9.63 Å². The number of ether oxygens (including phenoxy) is 2. The zero-order valence-electron chi connectivity index (χ0n) is 14.6. The molecule has 0 amide bonds. The van der Waals surface area contributed by atoms with Crippen molar-refractivity contribution in [3.63, 3.8) is 0 Å². The number of hydrogen-bond acceptors (Lipinski definition) is 5. The summed E-state index contributed by atoms with van der Waals surface area (Å²) < 4.78 is 48.2. The summed E-state index contributed by atoms with van der Waals surface area (Å²) in [5, 5.41) is 1.38. The van der Waals surface area contributed by atoms with Gasteiger partial charge in [-0.1, -0.05) is 30.9 Å². The minimum absolute atomic E-state index is 0.0381. The number of alkyl halides is 3. The first kappa shape index (κ1) is 20.1. The van der Waals surface area contributed by atoms with Crippen molar-refractivity contribution in [1.29, 1.82) is 0 Å². The molecule has 1 saturated carbocycles. The fourth-order valence-electron chi connectivity index (χ4n) is 3.15. The van der Waals surface area contributed by atoms with Crippen LogP contribution in [0.3, 0.4) is 0 Å². The minimum atomic E-state index is -5.01. The third-order valence-electron chi connectivity index (χ3n) is 4.66. The summed E-state index contributed by atoms with van der Waals surface area (Å²) in [6, 6.07) is 5.03. The van der Waals surface area contributed by atoms with E-state index in [1.54, 1.807) is 18.2 Å². The lowest BCUT2D eigenvalue weighted by Crippen LogP contribution is -2.55. The van der Waals surface area contributed by atoms with Crippen LogP contribution < -0.4 is 9.47 Å². The van der Waals surface area contributed by atoms with Gasteiger partial charge < -0.3 is 14.3 Å². The van der Waals surface area contributed by atoms with E-state index in [0.717, 1.165) is 17.9 Å². The smallest absolute Gasteiger partial charge is 0.489 e. The Kier molecular flexibility index (Phi) is 6.37. The van der Waals surface area contributed by atoms with Crippen LogP contribution >= 0.6 is 11.6 Å². The molecule has 2 fully saturated rings. The van der Waals surface area contributed by atoms with Gasteiger partial charge in [0.1, 0.15) is 6.10 Å². The van der Waals surface area contributed by atoms with Crippen LogP contribution in [0.15, 0.2) is 18.2 Å². The molecule has 150 valence electrons. The second-order valence-corrected chi connectivity index (χ2v) is 7.31. The normalized spacial score (nSPS) is 19.4. The molecule has 0 unspecified atom stereocenters. The van der Waals surface area contributed by atoms with Crippen molar-refractivity contribution in [2.24, 2.45) is 5.92 Å². The summed E-state index contributed by atoms with van der Waals surface area (Å²) in [5.74, 6) is -0.732. The van der Waals surface area contributed by atoms with Crippen LogP contribution in [0.25, 0.3) is 0 Å². The van der Waals surface area contributed by atoms with Gasteiger partial charge in [0.05, 0.1) is 19.7 Å². The van der Waals surface area contributed by atoms with Gasteiger partial charge in [0.15, 0.2) is 11.5 Å². The van der Waals surface area contributed by atoms with E-state index in [-0.39, 0.29) is 13.1 Å². The molecule has 3 rings (SSSR count). The maximum atomic E-state index is 12.2. The number of benzene rings is 1. The van der Waals surface area contributed by atoms with Crippen molar-refractivity contribution in [3.8, 4) is 11.5 Å². The van der Waals surface area contributed by atoms with E-state index in [2.05, 4.69) is 4.84 Å². The van der Waals surface area contributed by atoms with Crippen LogP contribution in [0, 0.1) is 5.92 Å². The summed E-state index contributed by atoms with van der Waals surface area (Å²) in [6.07, 6.45) is 0.556. The van der Waals surface area contributed by atoms with Crippen molar-refractivity contribution >= 4 is 17.6 Å². The van der Waals surface area contributed by atoms with Crippen LogP contribution in [0.5, 0.6) is 11.5 Å². The summed E-state index contributed by atoms with van der Waals surface area (Å²) in [5.41, 5.74) is 0. The zero-order valence-corrected chi connectivity index (χ0v) is 15.4. The second-order valence-electron chi connectivity index (χ2n) is 6.87. The Morgan fingerprint density at radius 1 is 1.15 bits per heavy atom. The fourth-order valence-corrected chi connectivity index (χ4v) is 3.32. The van der Waals surface area contributed by atoms with Gasteiger partial charge >= 0.3 is 12.1 Å². The van der Waals surface area contributed by atoms with Gasteiger partial charge in [-0.15, -0.1) is 5.06 Å². The van der Waals surface area contributed by atoms with E-state index in [0.29, 0.717) is 29.0 Å². The monoisotopic (exact) mass is 407 g/mol. The molecule has 0 spiro atoms. The number of hydroxylamine groups is 2. The van der Waals surface area contributed by atoms with Gasteiger partial charge in [-0.3, -0.25) is 0 Å². The molecule has 0 bridgehead atoms. The number of carbonyl (C=O) groups excluding carboxylic acids is 1. The molecule has 9 heteroatoms. The molecule has 1 aromatic rings. The van der Waals surface area contributed by atoms with Crippen molar-refractivity contribution in [2.45, 2.75) is 44.4 Å². The first-order chi connectivity index (χ1) is 12.8.